The maximum absolute atomic E-state index is 12.4. The third kappa shape index (κ3) is 3.40. The van der Waals surface area contributed by atoms with Crippen molar-refractivity contribution in [2.24, 2.45) is 0 Å². The van der Waals surface area contributed by atoms with E-state index in [4.69, 9.17) is 4.74 Å². The molecule has 0 unspecified atom stereocenters. The molecule has 0 atom stereocenters. The summed E-state index contributed by atoms with van der Waals surface area (Å²) in [7, 11) is 1.59. The predicted octanol–water partition coefficient (Wildman–Crippen LogP) is 3.00. The number of nitrogens with one attached hydrogen (secondary N) is 1. The zero-order valence-corrected chi connectivity index (χ0v) is 13.6. The summed E-state index contributed by atoms with van der Waals surface area (Å²) in [6.45, 7) is 0.693. The van der Waals surface area contributed by atoms with Crippen molar-refractivity contribution < 1.29 is 14.3 Å². The highest BCUT2D eigenvalue weighted by Gasteiger charge is 2.24. The number of para-hydroxylation sites is 3. The van der Waals surface area contributed by atoms with Crippen LogP contribution in [0.2, 0.25) is 0 Å². The van der Waals surface area contributed by atoms with Gasteiger partial charge in [0, 0.05) is 18.5 Å². The summed E-state index contributed by atoms with van der Waals surface area (Å²) in [4.78, 5) is 26.1. The summed E-state index contributed by atoms with van der Waals surface area (Å²) >= 11 is 0. The zero-order chi connectivity index (χ0) is 16.9. The van der Waals surface area contributed by atoms with Crippen LogP contribution in [0.4, 0.5) is 11.4 Å². The van der Waals surface area contributed by atoms with Crippen LogP contribution in [0, 0.1) is 0 Å². The molecule has 2 aromatic carbocycles. The summed E-state index contributed by atoms with van der Waals surface area (Å²) in [5.41, 5.74) is 2.24. The van der Waals surface area contributed by atoms with Gasteiger partial charge < -0.3 is 15.0 Å². The monoisotopic (exact) mass is 324 g/mol. The molecule has 1 aliphatic heterocycles. The van der Waals surface area contributed by atoms with Gasteiger partial charge in [0.05, 0.1) is 24.9 Å². The van der Waals surface area contributed by atoms with Crippen molar-refractivity contribution in [1.82, 2.24) is 0 Å². The predicted molar refractivity (Wildman–Crippen MR) is 93.4 cm³/mol. The second kappa shape index (κ2) is 7.17. The van der Waals surface area contributed by atoms with E-state index in [1.54, 1.807) is 12.0 Å². The SMILES string of the molecule is COc1ccccc1CC(=O)Nc1ccccc1N1CCCC1=O. The van der Waals surface area contributed by atoms with Crippen molar-refractivity contribution in [2.75, 3.05) is 23.9 Å². The third-order valence-corrected chi connectivity index (χ3v) is 4.09. The first kappa shape index (κ1) is 16.1. The molecule has 3 rings (SSSR count). The fourth-order valence-electron chi connectivity index (χ4n) is 2.93. The van der Waals surface area contributed by atoms with E-state index in [0.717, 1.165) is 17.7 Å². The quantitative estimate of drug-likeness (QED) is 0.920. The van der Waals surface area contributed by atoms with Crippen LogP contribution in [0.25, 0.3) is 0 Å². The molecule has 2 amide bonds. The first-order valence-corrected chi connectivity index (χ1v) is 8.00. The van der Waals surface area contributed by atoms with Crippen molar-refractivity contribution in [3.63, 3.8) is 0 Å². The number of rotatable bonds is 5. The van der Waals surface area contributed by atoms with Gasteiger partial charge in [0.2, 0.25) is 11.8 Å². The van der Waals surface area contributed by atoms with Crippen LogP contribution >= 0.6 is 0 Å². The van der Waals surface area contributed by atoms with Crippen molar-refractivity contribution in [3.05, 3.63) is 54.1 Å². The average molecular weight is 324 g/mol. The summed E-state index contributed by atoms with van der Waals surface area (Å²) < 4.78 is 5.28. The minimum absolute atomic E-state index is 0.0985. The molecule has 1 saturated heterocycles. The van der Waals surface area contributed by atoms with E-state index in [0.29, 0.717) is 24.4 Å². The van der Waals surface area contributed by atoms with Gasteiger partial charge >= 0.3 is 0 Å². The van der Waals surface area contributed by atoms with E-state index in [2.05, 4.69) is 5.32 Å². The minimum atomic E-state index is -0.140. The molecule has 0 saturated carbocycles. The Hall–Kier alpha value is -2.82. The maximum atomic E-state index is 12.4. The Morgan fingerprint density at radius 1 is 1.17 bits per heavy atom. The van der Waals surface area contributed by atoms with E-state index in [9.17, 15) is 9.59 Å². The second-order valence-electron chi connectivity index (χ2n) is 5.70. The van der Waals surface area contributed by atoms with Gasteiger partial charge in [-0.2, -0.15) is 0 Å². The Kier molecular flexibility index (Phi) is 4.79. The highest BCUT2D eigenvalue weighted by atomic mass is 16.5. The molecule has 0 aliphatic carbocycles. The molecule has 24 heavy (non-hydrogen) atoms. The highest BCUT2D eigenvalue weighted by molar-refractivity contribution is 6.02. The van der Waals surface area contributed by atoms with E-state index in [1.165, 1.54) is 0 Å². The van der Waals surface area contributed by atoms with Gasteiger partial charge in [0.1, 0.15) is 5.75 Å². The molecule has 0 radical (unpaired) electrons. The number of nitrogens with zero attached hydrogens (tertiary/aromatic N) is 1. The number of amides is 2. The summed E-state index contributed by atoms with van der Waals surface area (Å²) in [6, 6.07) is 14.9. The van der Waals surface area contributed by atoms with Gasteiger partial charge in [0.25, 0.3) is 0 Å². The summed E-state index contributed by atoms with van der Waals surface area (Å²) in [5.74, 6) is 0.649. The van der Waals surface area contributed by atoms with Crippen LogP contribution in [0.3, 0.4) is 0 Å². The molecule has 0 spiro atoms. The van der Waals surface area contributed by atoms with Gasteiger partial charge in [0.15, 0.2) is 0 Å². The molecule has 2 aromatic rings. The van der Waals surface area contributed by atoms with Gasteiger partial charge in [-0.1, -0.05) is 30.3 Å². The van der Waals surface area contributed by atoms with E-state index in [-0.39, 0.29) is 18.2 Å². The molecular weight excluding hydrogens is 304 g/mol. The second-order valence-corrected chi connectivity index (χ2v) is 5.70. The smallest absolute Gasteiger partial charge is 0.228 e. The Morgan fingerprint density at radius 3 is 2.67 bits per heavy atom. The molecule has 0 aromatic heterocycles. The number of carbonyl (C=O) groups is 2. The van der Waals surface area contributed by atoms with Crippen LogP contribution in [0.15, 0.2) is 48.5 Å². The lowest BCUT2D eigenvalue weighted by Gasteiger charge is -2.20. The van der Waals surface area contributed by atoms with Crippen LogP contribution in [0.5, 0.6) is 5.75 Å². The Morgan fingerprint density at radius 2 is 1.92 bits per heavy atom. The Balaban J connectivity index is 1.76. The van der Waals surface area contributed by atoms with Crippen molar-refractivity contribution in [2.45, 2.75) is 19.3 Å². The topological polar surface area (TPSA) is 58.6 Å². The fourth-order valence-corrected chi connectivity index (χ4v) is 2.93. The van der Waals surface area contributed by atoms with Crippen LogP contribution in [0.1, 0.15) is 18.4 Å². The lowest BCUT2D eigenvalue weighted by Crippen LogP contribution is -2.26. The minimum Gasteiger partial charge on any atom is -0.496 e. The number of hydrogen-bond donors (Lipinski definition) is 1. The largest absolute Gasteiger partial charge is 0.496 e. The maximum Gasteiger partial charge on any atom is 0.228 e. The number of carbonyl (C=O) groups excluding carboxylic acids is 2. The van der Waals surface area contributed by atoms with E-state index < -0.39 is 0 Å². The molecule has 1 heterocycles. The molecule has 5 nitrogen and oxygen atoms in total. The first-order chi connectivity index (χ1) is 11.7. The van der Waals surface area contributed by atoms with Crippen LogP contribution in [-0.4, -0.2) is 25.5 Å². The van der Waals surface area contributed by atoms with Crippen LogP contribution in [-0.2, 0) is 16.0 Å². The third-order valence-electron chi connectivity index (χ3n) is 4.09. The van der Waals surface area contributed by atoms with Gasteiger partial charge in [-0.05, 0) is 24.6 Å². The van der Waals surface area contributed by atoms with Crippen LogP contribution < -0.4 is 15.0 Å². The molecule has 5 heteroatoms. The molecular formula is C19H20N2O3. The Bertz CT molecular complexity index is 758. The number of ether oxygens (including phenoxy) is 1. The molecule has 1 aliphatic rings. The standard InChI is InChI=1S/C19H20N2O3/c1-24-17-10-5-2-7-14(17)13-18(22)20-15-8-3-4-9-16(15)21-12-6-11-19(21)23/h2-5,7-10H,6,11-13H2,1H3,(H,20,22). The van der Waals surface area contributed by atoms with Gasteiger partial charge in [-0.15, -0.1) is 0 Å². The number of methoxy groups -OCH3 is 1. The lowest BCUT2D eigenvalue weighted by molar-refractivity contribution is -0.117. The van der Waals surface area contributed by atoms with Crippen molar-refractivity contribution in [3.8, 4) is 5.75 Å². The molecule has 124 valence electrons. The van der Waals surface area contributed by atoms with Gasteiger partial charge in [-0.3, -0.25) is 9.59 Å². The molecule has 1 N–H and O–H groups in total. The number of benzene rings is 2. The first-order valence-electron chi connectivity index (χ1n) is 8.00. The normalized spacial score (nSPS) is 13.9. The van der Waals surface area contributed by atoms with E-state index >= 15 is 0 Å². The molecule has 1 fully saturated rings. The lowest BCUT2D eigenvalue weighted by atomic mass is 10.1. The van der Waals surface area contributed by atoms with Gasteiger partial charge in [-0.25, -0.2) is 0 Å². The molecule has 0 bridgehead atoms. The van der Waals surface area contributed by atoms with E-state index in [1.807, 2.05) is 48.5 Å². The van der Waals surface area contributed by atoms with Crippen molar-refractivity contribution in [1.29, 1.82) is 0 Å². The summed E-state index contributed by atoms with van der Waals surface area (Å²) in [6.07, 6.45) is 1.62. The zero-order valence-electron chi connectivity index (χ0n) is 13.6. The van der Waals surface area contributed by atoms with Crippen molar-refractivity contribution >= 4 is 23.2 Å². The number of hydrogen-bond acceptors (Lipinski definition) is 3. The highest BCUT2D eigenvalue weighted by Crippen LogP contribution is 2.29. The Labute approximate surface area is 141 Å². The fraction of sp³-hybridized carbons (Fsp3) is 0.263. The number of anilines is 2. The average Bonchev–Trinajstić information content (AvgIpc) is 3.01. The summed E-state index contributed by atoms with van der Waals surface area (Å²) in [5, 5.41) is 2.92.